The third-order valence-electron chi connectivity index (χ3n) is 4.15. The van der Waals surface area contributed by atoms with Crippen LogP contribution in [0.2, 0.25) is 0 Å². The van der Waals surface area contributed by atoms with Gasteiger partial charge in [-0.2, -0.15) is 0 Å². The Morgan fingerprint density at radius 2 is 1.82 bits per heavy atom. The molecule has 0 saturated heterocycles. The molecule has 1 fully saturated rings. The predicted molar refractivity (Wildman–Crippen MR) is 61.1 cm³/mol. The summed E-state index contributed by atoms with van der Waals surface area (Å²) >= 11 is 0. The monoisotopic (exact) mass is 238 g/mol. The first-order valence-corrected chi connectivity index (χ1v) is 5.90. The lowest BCUT2D eigenvalue weighted by Crippen LogP contribution is -2.39. The highest BCUT2D eigenvalue weighted by Crippen LogP contribution is 2.53. The van der Waals surface area contributed by atoms with E-state index in [1.54, 1.807) is 0 Å². The molecule has 4 heteroatoms. The standard InChI is InChI=1S/C13H18O4/c1-8-4-5-9-6-13(7-10(8)9,11(14)16-2)12(15)17-3/h9H,4-7H2,1-3H3/t9-/m0/s1. The maximum Gasteiger partial charge on any atom is 0.323 e. The number of carbonyl (C=O) groups excluding carboxylic acids is 2. The van der Waals surface area contributed by atoms with E-state index in [0.29, 0.717) is 18.8 Å². The molecule has 0 aromatic carbocycles. The summed E-state index contributed by atoms with van der Waals surface area (Å²) in [6, 6.07) is 0. The second-order valence-electron chi connectivity index (χ2n) is 4.99. The molecule has 0 spiro atoms. The van der Waals surface area contributed by atoms with Crippen LogP contribution in [-0.2, 0) is 19.1 Å². The number of esters is 2. The number of methoxy groups -OCH3 is 2. The average molecular weight is 238 g/mol. The van der Waals surface area contributed by atoms with E-state index in [1.165, 1.54) is 25.4 Å². The molecule has 0 radical (unpaired) electrons. The highest BCUT2D eigenvalue weighted by Gasteiger charge is 2.56. The molecule has 0 aromatic rings. The lowest BCUT2D eigenvalue weighted by Gasteiger charge is -2.23. The summed E-state index contributed by atoms with van der Waals surface area (Å²) in [4.78, 5) is 23.9. The molecule has 2 aliphatic rings. The van der Waals surface area contributed by atoms with Gasteiger partial charge in [-0.05, 0) is 38.5 Å². The van der Waals surface area contributed by atoms with Crippen molar-refractivity contribution in [2.45, 2.75) is 32.6 Å². The van der Waals surface area contributed by atoms with E-state index in [9.17, 15) is 9.59 Å². The topological polar surface area (TPSA) is 52.6 Å². The first-order valence-electron chi connectivity index (χ1n) is 5.90. The summed E-state index contributed by atoms with van der Waals surface area (Å²) in [5, 5.41) is 0. The van der Waals surface area contributed by atoms with E-state index in [0.717, 1.165) is 12.8 Å². The summed E-state index contributed by atoms with van der Waals surface area (Å²) < 4.78 is 9.60. The van der Waals surface area contributed by atoms with Gasteiger partial charge >= 0.3 is 11.9 Å². The Labute approximate surface area is 101 Å². The maximum absolute atomic E-state index is 11.9. The average Bonchev–Trinajstić information content (AvgIpc) is 2.88. The van der Waals surface area contributed by atoms with Crippen molar-refractivity contribution in [3.8, 4) is 0 Å². The molecule has 0 amide bonds. The zero-order valence-corrected chi connectivity index (χ0v) is 10.5. The Morgan fingerprint density at radius 1 is 1.24 bits per heavy atom. The third kappa shape index (κ3) is 1.66. The van der Waals surface area contributed by atoms with Gasteiger partial charge in [0.2, 0.25) is 0 Å². The summed E-state index contributed by atoms with van der Waals surface area (Å²) in [6.07, 6.45) is 3.14. The van der Waals surface area contributed by atoms with Gasteiger partial charge in [0, 0.05) is 0 Å². The van der Waals surface area contributed by atoms with Crippen LogP contribution in [0.25, 0.3) is 0 Å². The Bertz CT molecular complexity index is 378. The van der Waals surface area contributed by atoms with E-state index in [-0.39, 0.29) is 0 Å². The lowest BCUT2D eigenvalue weighted by molar-refractivity contribution is -0.168. The predicted octanol–water partition coefficient (Wildman–Crippen LogP) is 1.84. The van der Waals surface area contributed by atoms with Gasteiger partial charge in [0.25, 0.3) is 0 Å². The van der Waals surface area contributed by atoms with Crippen LogP contribution in [0.1, 0.15) is 32.6 Å². The number of allylic oxidation sites excluding steroid dienone is 2. The summed E-state index contributed by atoms with van der Waals surface area (Å²) in [6.45, 7) is 2.08. The number of fused-ring (bicyclic) bond motifs is 1. The number of hydrogen-bond acceptors (Lipinski definition) is 4. The van der Waals surface area contributed by atoms with Crippen LogP contribution >= 0.6 is 0 Å². The molecule has 0 unspecified atom stereocenters. The van der Waals surface area contributed by atoms with Crippen molar-refractivity contribution in [2.24, 2.45) is 11.3 Å². The van der Waals surface area contributed by atoms with Crippen LogP contribution in [-0.4, -0.2) is 26.2 Å². The molecule has 94 valence electrons. The number of rotatable bonds is 2. The van der Waals surface area contributed by atoms with Crippen molar-refractivity contribution in [1.82, 2.24) is 0 Å². The van der Waals surface area contributed by atoms with E-state index in [2.05, 4.69) is 6.92 Å². The van der Waals surface area contributed by atoms with Crippen molar-refractivity contribution in [3.05, 3.63) is 11.1 Å². The molecule has 0 aromatic heterocycles. The molecule has 1 atom stereocenters. The van der Waals surface area contributed by atoms with Crippen LogP contribution in [0.5, 0.6) is 0 Å². The van der Waals surface area contributed by atoms with E-state index >= 15 is 0 Å². The van der Waals surface area contributed by atoms with Crippen LogP contribution in [0.15, 0.2) is 11.1 Å². The molecule has 0 heterocycles. The molecule has 17 heavy (non-hydrogen) atoms. The van der Waals surface area contributed by atoms with Crippen molar-refractivity contribution in [2.75, 3.05) is 14.2 Å². The van der Waals surface area contributed by atoms with Crippen molar-refractivity contribution >= 4 is 11.9 Å². The van der Waals surface area contributed by atoms with Gasteiger partial charge in [-0.25, -0.2) is 0 Å². The number of carbonyl (C=O) groups is 2. The van der Waals surface area contributed by atoms with E-state index < -0.39 is 17.4 Å². The zero-order valence-electron chi connectivity index (χ0n) is 10.5. The van der Waals surface area contributed by atoms with Gasteiger partial charge in [-0.15, -0.1) is 0 Å². The lowest BCUT2D eigenvalue weighted by atomic mass is 9.84. The smallest absolute Gasteiger partial charge is 0.323 e. The fraction of sp³-hybridized carbons (Fsp3) is 0.692. The molecule has 4 nitrogen and oxygen atoms in total. The molecular weight excluding hydrogens is 220 g/mol. The molecule has 0 N–H and O–H groups in total. The minimum Gasteiger partial charge on any atom is -0.468 e. The summed E-state index contributed by atoms with van der Waals surface area (Å²) in [5.41, 5.74) is 1.50. The minimum atomic E-state index is -1.09. The van der Waals surface area contributed by atoms with Crippen molar-refractivity contribution in [1.29, 1.82) is 0 Å². The van der Waals surface area contributed by atoms with Crippen LogP contribution in [0.4, 0.5) is 0 Å². The van der Waals surface area contributed by atoms with Crippen molar-refractivity contribution in [3.63, 3.8) is 0 Å². The van der Waals surface area contributed by atoms with E-state index in [1.807, 2.05) is 0 Å². The Morgan fingerprint density at radius 3 is 2.29 bits per heavy atom. The molecule has 0 bridgehead atoms. The second-order valence-corrected chi connectivity index (χ2v) is 4.99. The number of ether oxygens (including phenoxy) is 2. The van der Waals surface area contributed by atoms with Gasteiger partial charge in [0.15, 0.2) is 5.41 Å². The fourth-order valence-corrected chi connectivity index (χ4v) is 3.20. The van der Waals surface area contributed by atoms with Gasteiger partial charge in [-0.1, -0.05) is 11.1 Å². The zero-order chi connectivity index (χ0) is 12.6. The Kier molecular flexibility index (Phi) is 2.98. The van der Waals surface area contributed by atoms with Gasteiger partial charge < -0.3 is 9.47 Å². The first kappa shape index (κ1) is 12.1. The maximum atomic E-state index is 11.9. The second kappa shape index (κ2) is 4.17. The highest BCUT2D eigenvalue weighted by molar-refractivity contribution is 6.01. The molecule has 0 aliphatic heterocycles. The Hall–Kier alpha value is -1.32. The van der Waals surface area contributed by atoms with Crippen LogP contribution < -0.4 is 0 Å². The summed E-state index contributed by atoms with van der Waals surface area (Å²) in [7, 11) is 2.64. The highest BCUT2D eigenvalue weighted by atomic mass is 16.5. The number of hydrogen-bond donors (Lipinski definition) is 0. The largest absolute Gasteiger partial charge is 0.468 e. The molecule has 2 rings (SSSR count). The van der Waals surface area contributed by atoms with Crippen LogP contribution in [0.3, 0.4) is 0 Å². The SMILES string of the molecule is COC(=O)C1(C(=O)OC)CC2=C(C)CC[C@H]2C1. The van der Waals surface area contributed by atoms with Gasteiger partial charge in [0.05, 0.1) is 14.2 Å². The normalized spacial score (nSPS) is 25.7. The van der Waals surface area contributed by atoms with Crippen LogP contribution in [0, 0.1) is 11.3 Å². The van der Waals surface area contributed by atoms with E-state index in [4.69, 9.17) is 9.47 Å². The third-order valence-corrected chi connectivity index (χ3v) is 4.15. The molecule has 2 aliphatic carbocycles. The quantitative estimate of drug-likeness (QED) is 0.418. The first-order chi connectivity index (χ1) is 8.05. The van der Waals surface area contributed by atoms with Gasteiger partial charge in [-0.3, -0.25) is 9.59 Å². The molecular formula is C13H18O4. The molecule has 1 saturated carbocycles. The minimum absolute atomic E-state index is 0.355. The summed E-state index contributed by atoms with van der Waals surface area (Å²) in [5.74, 6) is -0.564. The Balaban J connectivity index is 2.36. The van der Waals surface area contributed by atoms with Gasteiger partial charge in [0.1, 0.15) is 0 Å². The van der Waals surface area contributed by atoms with Crippen molar-refractivity contribution < 1.29 is 19.1 Å². The fourth-order valence-electron chi connectivity index (χ4n) is 3.20.